The maximum absolute atomic E-state index is 5.94. The third-order valence-corrected chi connectivity index (χ3v) is 6.99. The summed E-state index contributed by atoms with van der Waals surface area (Å²) in [5, 5.41) is 0. The summed E-state index contributed by atoms with van der Waals surface area (Å²) < 4.78 is 8.08. The van der Waals surface area contributed by atoms with Gasteiger partial charge in [0.15, 0.2) is 0 Å². The number of nitrogens with zero attached hydrogens (tertiary/aromatic N) is 3. The van der Waals surface area contributed by atoms with E-state index in [1.807, 2.05) is 25.3 Å². The molecule has 2 aromatic rings. The van der Waals surface area contributed by atoms with Gasteiger partial charge in [-0.15, -0.1) is 0 Å². The number of rotatable bonds is 7. The zero-order chi connectivity index (χ0) is 16.2. The largest absolute Gasteiger partial charge is 0.360 e. The first-order valence-corrected chi connectivity index (χ1v) is 10.4. The summed E-state index contributed by atoms with van der Waals surface area (Å²) in [4.78, 5) is 8.86. The lowest BCUT2D eigenvalue weighted by Crippen LogP contribution is -2.13. The molecule has 0 saturated carbocycles. The Morgan fingerprint density at radius 1 is 1.27 bits per heavy atom. The van der Waals surface area contributed by atoms with Crippen LogP contribution < -0.4 is 0 Å². The second kappa shape index (κ2) is 7.29. The minimum absolute atomic E-state index is 0.501. The van der Waals surface area contributed by atoms with Crippen LogP contribution in [0.3, 0.4) is 0 Å². The lowest BCUT2D eigenvalue weighted by atomic mass is 10.3. The fourth-order valence-electron chi connectivity index (χ4n) is 2.11. The van der Waals surface area contributed by atoms with Crippen molar-refractivity contribution >= 4 is 10.0 Å². The molecule has 0 unspecified atom stereocenters. The Morgan fingerprint density at radius 3 is 2.68 bits per heavy atom. The Hall–Kier alpha value is -1.33. The van der Waals surface area contributed by atoms with Gasteiger partial charge in [-0.25, -0.2) is 15.0 Å². The summed E-state index contributed by atoms with van der Waals surface area (Å²) in [6.07, 6.45) is 8.36. The highest BCUT2D eigenvalue weighted by Gasteiger charge is 2.14. The first-order chi connectivity index (χ1) is 10.4. The molecule has 0 aliphatic heterocycles. The quantitative estimate of drug-likeness (QED) is 0.731. The molecular weight excluding hydrogens is 294 g/mol. The van der Waals surface area contributed by atoms with Crippen molar-refractivity contribution in [3.05, 3.63) is 35.9 Å². The van der Waals surface area contributed by atoms with Crippen molar-refractivity contribution in [3.63, 3.8) is 0 Å². The Balaban J connectivity index is 2.08. The molecular formula is C17H27N3OS. The van der Waals surface area contributed by atoms with Gasteiger partial charge in [0.25, 0.3) is 0 Å². The van der Waals surface area contributed by atoms with Gasteiger partial charge in [0.1, 0.15) is 12.6 Å². The molecule has 0 bridgehead atoms. The van der Waals surface area contributed by atoms with Crippen molar-refractivity contribution in [1.29, 1.82) is 0 Å². The van der Waals surface area contributed by atoms with E-state index in [2.05, 4.69) is 40.9 Å². The van der Waals surface area contributed by atoms with E-state index in [0.717, 1.165) is 35.1 Å². The molecule has 0 saturated heterocycles. The van der Waals surface area contributed by atoms with Crippen LogP contribution in [0.4, 0.5) is 0 Å². The molecule has 0 spiro atoms. The van der Waals surface area contributed by atoms with Gasteiger partial charge in [0, 0.05) is 29.4 Å². The van der Waals surface area contributed by atoms with Gasteiger partial charge in [0.2, 0.25) is 0 Å². The number of aromatic nitrogens is 3. The van der Waals surface area contributed by atoms with E-state index in [-0.39, 0.29) is 0 Å². The summed E-state index contributed by atoms with van der Waals surface area (Å²) in [7, 11) is -0.501. The molecule has 0 radical (unpaired) electrons. The average molecular weight is 321 g/mol. The first kappa shape index (κ1) is 17.0. The Bertz CT molecular complexity index is 608. The maximum atomic E-state index is 5.94. The lowest BCUT2D eigenvalue weighted by Gasteiger charge is -2.29. The van der Waals surface area contributed by atoms with Gasteiger partial charge in [-0.3, -0.25) is 4.98 Å². The molecule has 122 valence electrons. The highest BCUT2D eigenvalue weighted by molar-refractivity contribution is 8.32. The Labute approximate surface area is 135 Å². The molecule has 0 fully saturated rings. The molecule has 22 heavy (non-hydrogen) atoms. The Kier molecular flexibility index (Phi) is 5.64. The third-order valence-electron chi connectivity index (χ3n) is 4.16. The van der Waals surface area contributed by atoms with E-state index in [0.29, 0.717) is 6.73 Å². The van der Waals surface area contributed by atoms with Gasteiger partial charge in [-0.05, 0) is 44.2 Å². The van der Waals surface area contributed by atoms with Crippen molar-refractivity contribution in [3.8, 4) is 11.4 Å². The molecule has 4 nitrogen and oxygen atoms in total. The number of aryl methyl sites for hydroxylation is 1. The highest BCUT2D eigenvalue weighted by atomic mass is 32.3. The van der Waals surface area contributed by atoms with Crippen LogP contribution in [0.5, 0.6) is 0 Å². The van der Waals surface area contributed by atoms with E-state index in [4.69, 9.17) is 4.74 Å². The highest BCUT2D eigenvalue weighted by Crippen LogP contribution is 2.38. The van der Waals surface area contributed by atoms with Crippen LogP contribution in [0.2, 0.25) is 0 Å². The number of hydrogen-bond donors (Lipinski definition) is 0. The average Bonchev–Trinajstić information content (AvgIpc) is 2.80. The molecule has 2 aromatic heterocycles. The Morgan fingerprint density at radius 2 is 2.05 bits per heavy atom. The summed E-state index contributed by atoms with van der Waals surface area (Å²) in [6, 6.07) is 3.97. The van der Waals surface area contributed by atoms with E-state index >= 15 is 0 Å². The summed E-state index contributed by atoms with van der Waals surface area (Å²) in [5.74, 6) is 3.34. The molecule has 2 heterocycles. The second-order valence-corrected chi connectivity index (χ2v) is 10.6. The predicted molar refractivity (Wildman–Crippen MR) is 95.7 cm³/mol. The smallest absolute Gasteiger partial charge is 0.143 e. The van der Waals surface area contributed by atoms with E-state index in [1.54, 1.807) is 6.20 Å². The number of imidazole rings is 1. The van der Waals surface area contributed by atoms with Crippen LogP contribution in [0.25, 0.3) is 11.4 Å². The molecule has 0 amide bonds. The van der Waals surface area contributed by atoms with Crippen LogP contribution in [0, 0.1) is 13.8 Å². The van der Waals surface area contributed by atoms with Crippen LogP contribution in [-0.4, -0.2) is 45.2 Å². The number of hydrogen-bond acceptors (Lipinski definition) is 3. The zero-order valence-corrected chi connectivity index (χ0v) is 15.1. The van der Waals surface area contributed by atoms with Crippen molar-refractivity contribution in [2.75, 3.05) is 30.6 Å². The molecule has 0 aliphatic rings. The van der Waals surface area contributed by atoms with Crippen molar-refractivity contribution < 1.29 is 4.74 Å². The second-order valence-electron chi connectivity index (χ2n) is 6.07. The summed E-state index contributed by atoms with van der Waals surface area (Å²) >= 11 is 0. The van der Waals surface area contributed by atoms with Crippen LogP contribution >= 0.6 is 10.0 Å². The monoisotopic (exact) mass is 321 g/mol. The molecule has 0 atom stereocenters. The molecule has 2 rings (SSSR count). The molecule has 0 aromatic carbocycles. The minimum Gasteiger partial charge on any atom is -0.360 e. The zero-order valence-electron chi connectivity index (χ0n) is 14.3. The van der Waals surface area contributed by atoms with Gasteiger partial charge < -0.3 is 9.30 Å². The van der Waals surface area contributed by atoms with Crippen LogP contribution in [0.15, 0.2) is 24.5 Å². The number of ether oxygens (including phenoxy) is 1. The van der Waals surface area contributed by atoms with Gasteiger partial charge in [0.05, 0.1) is 12.3 Å². The topological polar surface area (TPSA) is 39.9 Å². The first-order valence-electron chi connectivity index (χ1n) is 7.65. The fourth-order valence-corrected chi connectivity index (χ4v) is 2.97. The van der Waals surface area contributed by atoms with Crippen molar-refractivity contribution in [2.45, 2.75) is 27.5 Å². The van der Waals surface area contributed by atoms with E-state index < -0.39 is 10.0 Å². The number of pyridine rings is 1. The lowest BCUT2D eigenvalue weighted by molar-refractivity contribution is 0.0894. The van der Waals surface area contributed by atoms with Gasteiger partial charge in [-0.2, -0.15) is 0 Å². The standard InChI is InChI=1S/C17H27N3OS/c1-6-22(4,5)11-10-21-13-20-15(3)14(2)19-17(20)16-8-7-9-18-12-16/h7-9,12H,6,10-11,13H2,1-5H3. The van der Waals surface area contributed by atoms with E-state index in [9.17, 15) is 0 Å². The minimum atomic E-state index is -0.501. The van der Waals surface area contributed by atoms with Crippen LogP contribution in [-0.2, 0) is 11.5 Å². The SMILES string of the molecule is CCS(C)(C)CCOCn1c(-c2cccnc2)nc(C)c1C. The predicted octanol–water partition coefficient (Wildman–Crippen LogP) is 3.62. The van der Waals surface area contributed by atoms with E-state index in [1.165, 1.54) is 5.75 Å². The van der Waals surface area contributed by atoms with Crippen molar-refractivity contribution in [2.24, 2.45) is 0 Å². The normalized spacial score (nSPS) is 12.6. The fraction of sp³-hybridized carbons (Fsp3) is 0.529. The molecule has 0 aliphatic carbocycles. The summed E-state index contributed by atoms with van der Waals surface area (Å²) in [6.45, 7) is 7.75. The third kappa shape index (κ3) is 4.11. The molecule has 5 heteroatoms. The van der Waals surface area contributed by atoms with Gasteiger partial charge >= 0.3 is 0 Å². The van der Waals surface area contributed by atoms with Crippen LogP contribution in [0.1, 0.15) is 18.3 Å². The molecule has 0 N–H and O–H groups in total. The van der Waals surface area contributed by atoms with Gasteiger partial charge in [-0.1, -0.05) is 6.92 Å². The van der Waals surface area contributed by atoms with Crippen molar-refractivity contribution in [1.82, 2.24) is 14.5 Å². The maximum Gasteiger partial charge on any atom is 0.143 e. The summed E-state index contributed by atoms with van der Waals surface area (Å²) in [5.41, 5.74) is 3.23.